The standard InChI is InChI=1S/C12H11FN2O3/c13-10-6-9(12(16)17)7-11(8-10)18-5-4-15-3-1-2-14-15/h1-3,6-8H,4-5H2,(H,16,17). The molecule has 1 aromatic carbocycles. The maximum absolute atomic E-state index is 13.1. The number of benzene rings is 1. The van der Waals surface area contributed by atoms with E-state index >= 15 is 0 Å². The van der Waals surface area contributed by atoms with Crippen molar-refractivity contribution in [1.29, 1.82) is 0 Å². The van der Waals surface area contributed by atoms with Gasteiger partial charge in [-0.05, 0) is 18.2 Å². The number of ether oxygens (including phenoxy) is 1. The Morgan fingerprint density at radius 2 is 2.28 bits per heavy atom. The quantitative estimate of drug-likeness (QED) is 0.878. The molecule has 0 bridgehead atoms. The molecular weight excluding hydrogens is 239 g/mol. The zero-order valence-corrected chi connectivity index (χ0v) is 9.41. The van der Waals surface area contributed by atoms with Gasteiger partial charge in [0, 0.05) is 18.5 Å². The Kier molecular flexibility index (Phi) is 3.57. The average Bonchev–Trinajstić information content (AvgIpc) is 2.81. The second-order valence-corrected chi connectivity index (χ2v) is 3.60. The van der Waals surface area contributed by atoms with E-state index in [-0.39, 0.29) is 17.9 Å². The van der Waals surface area contributed by atoms with Crippen LogP contribution >= 0.6 is 0 Å². The molecule has 0 atom stereocenters. The second-order valence-electron chi connectivity index (χ2n) is 3.60. The van der Waals surface area contributed by atoms with Gasteiger partial charge in [-0.15, -0.1) is 0 Å². The Balaban J connectivity index is 1.98. The molecule has 0 aliphatic rings. The van der Waals surface area contributed by atoms with Gasteiger partial charge in [0.25, 0.3) is 0 Å². The van der Waals surface area contributed by atoms with Gasteiger partial charge >= 0.3 is 5.97 Å². The molecule has 5 nitrogen and oxygen atoms in total. The highest BCUT2D eigenvalue weighted by Crippen LogP contribution is 2.16. The number of rotatable bonds is 5. The van der Waals surface area contributed by atoms with Gasteiger partial charge in [-0.1, -0.05) is 0 Å². The molecule has 2 aromatic rings. The lowest BCUT2D eigenvalue weighted by atomic mass is 10.2. The third-order valence-corrected chi connectivity index (χ3v) is 2.27. The van der Waals surface area contributed by atoms with Crippen molar-refractivity contribution < 1.29 is 19.0 Å². The number of hydrogen-bond acceptors (Lipinski definition) is 3. The summed E-state index contributed by atoms with van der Waals surface area (Å²) in [5, 5.41) is 12.8. The van der Waals surface area contributed by atoms with Crippen LogP contribution in [0.5, 0.6) is 5.75 Å². The van der Waals surface area contributed by atoms with Crippen molar-refractivity contribution >= 4 is 5.97 Å². The Morgan fingerprint density at radius 1 is 1.44 bits per heavy atom. The van der Waals surface area contributed by atoms with Crippen molar-refractivity contribution in [2.75, 3.05) is 6.61 Å². The van der Waals surface area contributed by atoms with Crippen LogP contribution in [-0.2, 0) is 6.54 Å². The SMILES string of the molecule is O=C(O)c1cc(F)cc(OCCn2cccn2)c1. The summed E-state index contributed by atoms with van der Waals surface area (Å²) in [6, 6.07) is 5.16. The Morgan fingerprint density at radius 3 is 2.94 bits per heavy atom. The molecule has 6 heteroatoms. The minimum atomic E-state index is -1.19. The number of carboxylic acid groups (broad SMARTS) is 1. The summed E-state index contributed by atoms with van der Waals surface area (Å²) >= 11 is 0. The van der Waals surface area contributed by atoms with E-state index in [1.165, 1.54) is 6.07 Å². The van der Waals surface area contributed by atoms with Gasteiger partial charge < -0.3 is 9.84 Å². The van der Waals surface area contributed by atoms with Crippen LogP contribution in [0, 0.1) is 5.82 Å². The molecule has 0 fully saturated rings. The first-order valence-corrected chi connectivity index (χ1v) is 5.29. The Labute approximate surface area is 102 Å². The monoisotopic (exact) mass is 250 g/mol. The Bertz CT molecular complexity index is 540. The summed E-state index contributed by atoms with van der Waals surface area (Å²) in [7, 11) is 0. The average molecular weight is 250 g/mol. The van der Waals surface area contributed by atoms with Crippen LogP contribution < -0.4 is 4.74 Å². The first-order chi connectivity index (χ1) is 8.65. The maximum Gasteiger partial charge on any atom is 0.335 e. The van der Waals surface area contributed by atoms with Crippen molar-refractivity contribution in [3.8, 4) is 5.75 Å². The van der Waals surface area contributed by atoms with Gasteiger partial charge in [0.2, 0.25) is 0 Å². The minimum Gasteiger partial charge on any atom is -0.492 e. The van der Waals surface area contributed by atoms with E-state index in [9.17, 15) is 9.18 Å². The van der Waals surface area contributed by atoms with Crippen molar-refractivity contribution in [1.82, 2.24) is 9.78 Å². The van der Waals surface area contributed by atoms with E-state index in [1.54, 1.807) is 23.1 Å². The topological polar surface area (TPSA) is 64.3 Å². The van der Waals surface area contributed by atoms with E-state index in [2.05, 4.69) is 5.10 Å². The van der Waals surface area contributed by atoms with Gasteiger partial charge in [0.15, 0.2) is 0 Å². The summed E-state index contributed by atoms with van der Waals surface area (Å²) in [4.78, 5) is 10.7. The van der Waals surface area contributed by atoms with E-state index in [0.717, 1.165) is 12.1 Å². The smallest absolute Gasteiger partial charge is 0.335 e. The van der Waals surface area contributed by atoms with Crippen molar-refractivity contribution in [3.63, 3.8) is 0 Å². The summed E-state index contributed by atoms with van der Waals surface area (Å²) in [5.41, 5.74) is -0.135. The van der Waals surface area contributed by atoms with E-state index in [4.69, 9.17) is 9.84 Å². The number of carboxylic acids is 1. The number of hydrogen-bond donors (Lipinski definition) is 1. The molecule has 0 unspecified atom stereocenters. The lowest BCUT2D eigenvalue weighted by molar-refractivity contribution is 0.0695. The predicted molar refractivity (Wildman–Crippen MR) is 61.1 cm³/mol. The largest absolute Gasteiger partial charge is 0.492 e. The van der Waals surface area contributed by atoms with Crippen LogP contribution in [0.15, 0.2) is 36.7 Å². The second kappa shape index (κ2) is 5.31. The number of carbonyl (C=O) groups is 1. The summed E-state index contributed by atoms with van der Waals surface area (Å²) in [6.45, 7) is 0.788. The molecule has 1 aromatic heterocycles. The Hall–Kier alpha value is -2.37. The first-order valence-electron chi connectivity index (χ1n) is 5.29. The molecule has 1 heterocycles. The highest BCUT2D eigenvalue weighted by atomic mass is 19.1. The molecule has 0 aliphatic heterocycles. The van der Waals surface area contributed by atoms with Crippen LogP contribution in [0.4, 0.5) is 4.39 Å². The molecule has 18 heavy (non-hydrogen) atoms. The lowest BCUT2D eigenvalue weighted by Crippen LogP contribution is -2.09. The molecule has 94 valence electrons. The normalized spacial score (nSPS) is 10.3. The number of nitrogens with zero attached hydrogens (tertiary/aromatic N) is 2. The fraction of sp³-hybridized carbons (Fsp3) is 0.167. The number of halogens is 1. The molecule has 2 rings (SSSR count). The highest BCUT2D eigenvalue weighted by Gasteiger charge is 2.07. The highest BCUT2D eigenvalue weighted by molar-refractivity contribution is 5.88. The van der Waals surface area contributed by atoms with Crippen molar-refractivity contribution in [2.24, 2.45) is 0 Å². The van der Waals surface area contributed by atoms with Gasteiger partial charge in [-0.25, -0.2) is 9.18 Å². The molecule has 1 N–H and O–H groups in total. The molecule has 0 saturated heterocycles. The zero-order valence-electron chi connectivity index (χ0n) is 9.41. The molecular formula is C12H11FN2O3. The third kappa shape index (κ3) is 3.07. The molecule has 0 aliphatic carbocycles. The number of aromatic nitrogens is 2. The summed E-state index contributed by atoms with van der Waals surface area (Å²) < 4.78 is 20.1. The van der Waals surface area contributed by atoms with Crippen LogP contribution in [0.1, 0.15) is 10.4 Å². The first kappa shape index (κ1) is 12.1. The van der Waals surface area contributed by atoms with Crippen molar-refractivity contribution in [3.05, 3.63) is 48.0 Å². The minimum absolute atomic E-state index is 0.135. The fourth-order valence-corrected chi connectivity index (χ4v) is 1.46. The van der Waals surface area contributed by atoms with Gasteiger partial charge in [0.1, 0.15) is 18.2 Å². The molecule has 0 radical (unpaired) electrons. The van der Waals surface area contributed by atoms with E-state index in [0.29, 0.717) is 6.54 Å². The lowest BCUT2D eigenvalue weighted by Gasteiger charge is -2.07. The molecule has 0 saturated carbocycles. The van der Waals surface area contributed by atoms with Crippen LogP contribution in [0.25, 0.3) is 0 Å². The van der Waals surface area contributed by atoms with Crippen LogP contribution in [0.3, 0.4) is 0 Å². The summed E-state index contributed by atoms with van der Waals surface area (Å²) in [6.07, 6.45) is 3.42. The molecule has 0 amide bonds. The predicted octanol–water partition coefficient (Wildman–Crippen LogP) is 1.80. The third-order valence-electron chi connectivity index (χ3n) is 2.27. The van der Waals surface area contributed by atoms with Gasteiger partial charge in [-0.2, -0.15) is 5.10 Å². The maximum atomic E-state index is 13.1. The van der Waals surface area contributed by atoms with E-state index in [1.807, 2.05) is 0 Å². The fourth-order valence-electron chi connectivity index (χ4n) is 1.46. The summed E-state index contributed by atoms with van der Waals surface area (Å²) in [5.74, 6) is -1.63. The zero-order chi connectivity index (χ0) is 13.0. The molecule has 0 spiro atoms. The van der Waals surface area contributed by atoms with Gasteiger partial charge in [-0.3, -0.25) is 4.68 Å². The van der Waals surface area contributed by atoms with Gasteiger partial charge in [0.05, 0.1) is 12.1 Å². The van der Waals surface area contributed by atoms with E-state index < -0.39 is 11.8 Å². The van der Waals surface area contributed by atoms with Crippen LogP contribution in [-0.4, -0.2) is 27.5 Å². The number of aromatic carboxylic acids is 1. The van der Waals surface area contributed by atoms with Crippen molar-refractivity contribution in [2.45, 2.75) is 6.54 Å². The van der Waals surface area contributed by atoms with Crippen LogP contribution in [0.2, 0.25) is 0 Å².